The van der Waals surface area contributed by atoms with Gasteiger partial charge in [0.1, 0.15) is 5.82 Å². The van der Waals surface area contributed by atoms with E-state index in [9.17, 15) is 12.8 Å². The van der Waals surface area contributed by atoms with Crippen molar-refractivity contribution in [2.24, 2.45) is 23.7 Å². The van der Waals surface area contributed by atoms with E-state index in [2.05, 4.69) is 4.72 Å². The van der Waals surface area contributed by atoms with Crippen LogP contribution in [0.5, 0.6) is 0 Å². The third-order valence-corrected chi connectivity index (χ3v) is 6.77. The minimum absolute atomic E-state index is 0.0368. The Balaban J connectivity index is 1.55. The van der Waals surface area contributed by atoms with E-state index in [1.54, 1.807) is 0 Å². The van der Waals surface area contributed by atoms with Crippen molar-refractivity contribution in [3.63, 3.8) is 0 Å². The molecule has 3 N–H and O–H groups in total. The fourth-order valence-electron chi connectivity index (χ4n) is 4.41. The Bertz CT molecular complexity index is 660. The van der Waals surface area contributed by atoms with E-state index in [0.717, 1.165) is 6.07 Å². The molecule has 0 radical (unpaired) electrons. The highest BCUT2D eigenvalue weighted by Crippen LogP contribution is 2.65. The monoisotopic (exact) mass is 296 g/mol. The van der Waals surface area contributed by atoms with Crippen LogP contribution in [-0.4, -0.2) is 14.5 Å². The fraction of sp³-hybridized carbons (Fsp3) is 0.571. The van der Waals surface area contributed by atoms with Crippen LogP contribution in [0, 0.1) is 29.5 Å². The highest BCUT2D eigenvalue weighted by atomic mass is 32.2. The molecule has 4 nitrogen and oxygen atoms in total. The summed E-state index contributed by atoms with van der Waals surface area (Å²) in [5.74, 6) is 1.73. The molecule has 3 fully saturated rings. The normalized spacial score (nSPS) is 38.0. The van der Waals surface area contributed by atoms with Crippen molar-refractivity contribution in [2.75, 3.05) is 5.73 Å². The molecular formula is C14H17FN2O2S. The topological polar surface area (TPSA) is 72.2 Å². The standard InChI is InChI=1S/C14H17FN2O2S/c15-10-6-9(3-4-11(10)16)20(18,19)17-14-12-7-1-2-8(5-7)13(12)14/h3-4,6-8,12-14,17H,1-2,5,16H2. The third-order valence-electron chi connectivity index (χ3n) is 5.31. The molecule has 1 aromatic carbocycles. The second-order valence-corrected chi connectivity index (χ2v) is 8.03. The molecule has 1 aromatic rings. The van der Waals surface area contributed by atoms with E-state index < -0.39 is 15.8 Å². The number of hydrogen-bond acceptors (Lipinski definition) is 3. The maximum Gasteiger partial charge on any atom is 0.240 e. The second-order valence-electron chi connectivity index (χ2n) is 6.32. The van der Waals surface area contributed by atoms with E-state index in [1.807, 2.05) is 0 Å². The number of fused-ring (bicyclic) bond motifs is 5. The zero-order chi connectivity index (χ0) is 14.1. The largest absolute Gasteiger partial charge is 0.396 e. The van der Waals surface area contributed by atoms with Crippen molar-refractivity contribution in [3.05, 3.63) is 24.0 Å². The summed E-state index contributed by atoms with van der Waals surface area (Å²) in [5.41, 5.74) is 5.34. The smallest absolute Gasteiger partial charge is 0.240 e. The van der Waals surface area contributed by atoms with E-state index in [0.29, 0.717) is 23.7 Å². The van der Waals surface area contributed by atoms with Crippen molar-refractivity contribution >= 4 is 15.7 Å². The molecule has 0 amide bonds. The van der Waals surface area contributed by atoms with E-state index in [-0.39, 0.29) is 16.6 Å². The minimum Gasteiger partial charge on any atom is -0.396 e. The Morgan fingerprint density at radius 2 is 1.85 bits per heavy atom. The quantitative estimate of drug-likeness (QED) is 0.834. The molecule has 2 bridgehead atoms. The van der Waals surface area contributed by atoms with Gasteiger partial charge in [0.15, 0.2) is 0 Å². The molecule has 0 spiro atoms. The van der Waals surface area contributed by atoms with Gasteiger partial charge in [0.05, 0.1) is 10.6 Å². The Morgan fingerprint density at radius 1 is 1.20 bits per heavy atom. The second kappa shape index (κ2) is 3.95. The molecular weight excluding hydrogens is 279 g/mol. The summed E-state index contributed by atoms with van der Waals surface area (Å²) in [4.78, 5) is -0.0403. The number of halogens is 1. The van der Waals surface area contributed by atoms with Crippen molar-refractivity contribution in [2.45, 2.75) is 30.2 Å². The zero-order valence-corrected chi connectivity index (χ0v) is 11.7. The first kappa shape index (κ1) is 12.6. The van der Waals surface area contributed by atoms with Gasteiger partial charge in [-0.15, -0.1) is 0 Å². The molecule has 4 rings (SSSR count). The number of nitrogens with two attached hydrogens (primary N) is 1. The Labute approximate surface area is 117 Å². The van der Waals surface area contributed by atoms with Crippen LogP contribution in [0.3, 0.4) is 0 Å². The molecule has 0 heterocycles. The molecule has 4 atom stereocenters. The third kappa shape index (κ3) is 1.71. The maximum absolute atomic E-state index is 13.4. The van der Waals surface area contributed by atoms with Crippen molar-refractivity contribution in [3.8, 4) is 0 Å². The maximum atomic E-state index is 13.4. The van der Waals surface area contributed by atoms with Gasteiger partial charge in [-0.1, -0.05) is 0 Å². The number of rotatable bonds is 3. The molecule has 108 valence electrons. The van der Waals surface area contributed by atoms with Crippen LogP contribution >= 0.6 is 0 Å². The van der Waals surface area contributed by atoms with Crippen LogP contribution in [0.2, 0.25) is 0 Å². The Morgan fingerprint density at radius 3 is 2.45 bits per heavy atom. The lowest BCUT2D eigenvalue weighted by Crippen LogP contribution is -2.30. The van der Waals surface area contributed by atoms with Gasteiger partial charge in [0.2, 0.25) is 10.0 Å². The van der Waals surface area contributed by atoms with E-state index in [1.165, 1.54) is 31.4 Å². The zero-order valence-electron chi connectivity index (χ0n) is 10.9. The number of sulfonamides is 1. The SMILES string of the molecule is Nc1ccc(S(=O)(=O)NC2C3C4CCC(C4)C23)cc1F. The number of nitrogen functional groups attached to an aromatic ring is 1. The summed E-state index contributed by atoms with van der Waals surface area (Å²) in [5, 5.41) is 0. The first-order valence-electron chi connectivity index (χ1n) is 7.05. The minimum atomic E-state index is -3.64. The molecule has 3 saturated carbocycles. The van der Waals surface area contributed by atoms with Gasteiger partial charge < -0.3 is 5.73 Å². The molecule has 3 aliphatic rings. The summed E-state index contributed by atoms with van der Waals surface area (Å²) in [6.45, 7) is 0. The van der Waals surface area contributed by atoms with Gasteiger partial charge >= 0.3 is 0 Å². The molecule has 4 unspecified atom stereocenters. The average Bonchev–Trinajstić information content (AvgIpc) is 2.81. The van der Waals surface area contributed by atoms with Gasteiger partial charge in [0.25, 0.3) is 0 Å². The first-order valence-corrected chi connectivity index (χ1v) is 8.53. The lowest BCUT2D eigenvalue weighted by Gasteiger charge is -2.11. The fourth-order valence-corrected chi connectivity index (χ4v) is 5.72. The predicted molar refractivity (Wildman–Crippen MR) is 72.7 cm³/mol. The van der Waals surface area contributed by atoms with Crippen LogP contribution in [0.4, 0.5) is 10.1 Å². The summed E-state index contributed by atoms with van der Waals surface area (Å²) in [7, 11) is -3.64. The molecule has 0 aliphatic heterocycles. The van der Waals surface area contributed by atoms with Crippen LogP contribution in [-0.2, 0) is 10.0 Å². The number of benzene rings is 1. The van der Waals surface area contributed by atoms with Gasteiger partial charge in [-0.25, -0.2) is 17.5 Å². The molecule has 0 saturated heterocycles. The van der Waals surface area contributed by atoms with Crippen LogP contribution in [0.15, 0.2) is 23.1 Å². The predicted octanol–water partition coefficient (Wildman–Crippen LogP) is 1.73. The van der Waals surface area contributed by atoms with Crippen molar-refractivity contribution in [1.82, 2.24) is 4.72 Å². The molecule has 3 aliphatic carbocycles. The van der Waals surface area contributed by atoms with Gasteiger partial charge in [-0.3, -0.25) is 0 Å². The average molecular weight is 296 g/mol. The van der Waals surface area contributed by atoms with Gasteiger partial charge in [0, 0.05) is 6.04 Å². The van der Waals surface area contributed by atoms with E-state index >= 15 is 0 Å². The van der Waals surface area contributed by atoms with Crippen LogP contribution in [0.1, 0.15) is 19.3 Å². The first-order chi connectivity index (χ1) is 9.47. The highest BCUT2D eigenvalue weighted by molar-refractivity contribution is 7.89. The summed E-state index contributed by atoms with van der Waals surface area (Å²) in [6.07, 6.45) is 3.74. The lowest BCUT2D eigenvalue weighted by atomic mass is 10.0. The number of nitrogens with one attached hydrogen (secondary N) is 1. The van der Waals surface area contributed by atoms with Crippen LogP contribution in [0.25, 0.3) is 0 Å². The van der Waals surface area contributed by atoms with Crippen molar-refractivity contribution < 1.29 is 12.8 Å². The summed E-state index contributed by atoms with van der Waals surface area (Å²) in [6, 6.07) is 3.70. The van der Waals surface area contributed by atoms with E-state index in [4.69, 9.17) is 5.73 Å². The van der Waals surface area contributed by atoms with Crippen molar-refractivity contribution in [1.29, 1.82) is 0 Å². The Hall–Kier alpha value is -1.14. The number of hydrogen-bond donors (Lipinski definition) is 2. The lowest BCUT2D eigenvalue weighted by molar-refractivity contribution is 0.456. The highest BCUT2D eigenvalue weighted by Gasteiger charge is 2.65. The molecule has 6 heteroatoms. The van der Waals surface area contributed by atoms with Gasteiger partial charge in [-0.05, 0) is 61.1 Å². The Kier molecular flexibility index (Phi) is 2.49. The summed E-state index contributed by atoms with van der Waals surface area (Å²) >= 11 is 0. The van der Waals surface area contributed by atoms with Crippen LogP contribution < -0.4 is 10.5 Å². The summed E-state index contributed by atoms with van der Waals surface area (Å²) < 4.78 is 40.8. The molecule has 0 aromatic heterocycles. The van der Waals surface area contributed by atoms with Gasteiger partial charge in [-0.2, -0.15) is 0 Å². The molecule has 20 heavy (non-hydrogen) atoms. The number of anilines is 1.